The van der Waals surface area contributed by atoms with Gasteiger partial charge >= 0.3 is 5.91 Å². The van der Waals surface area contributed by atoms with E-state index in [0.717, 1.165) is 21.6 Å². The van der Waals surface area contributed by atoms with Gasteiger partial charge in [0.1, 0.15) is 17.6 Å². The molecule has 2 unspecified atom stereocenters. The van der Waals surface area contributed by atoms with Gasteiger partial charge in [0.05, 0.1) is 33.4 Å². The van der Waals surface area contributed by atoms with Gasteiger partial charge in [-0.3, -0.25) is 14.5 Å². The fourth-order valence-corrected chi connectivity index (χ4v) is 6.65. The first-order chi connectivity index (χ1) is 18.7. The third-order valence-electron chi connectivity index (χ3n) is 6.94. The molecular weight excluding hydrogens is 584 g/mol. The molecule has 3 aromatic carbocycles. The van der Waals surface area contributed by atoms with Crippen LogP contribution in [0.5, 0.6) is 17.2 Å². The Kier molecular flexibility index (Phi) is 6.11. The summed E-state index contributed by atoms with van der Waals surface area (Å²) in [6.45, 7) is 3.92. The van der Waals surface area contributed by atoms with Crippen molar-refractivity contribution in [3.8, 4) is 17.2 Å². The second-order valence-electron chi connectivity index (χ2n) is 9.65. The minimum Gasteiger partial charge on any atom is -0.507 e. The molecule has 6 rings (SSSR count). The number of benzene rings is 3. The van der Waals surface area contributed by atoms with Crippen molar-refractivity contribution in [2.24, 2.45) is 0 Å². The molecule has 2 aliphatic rings. The molecule has 1 aromatic heterocycles. The number of hydrogen-bond donors (Lipinski definition) is 2. The van der Waals surface area contributed by atoms with Crippen molar-refractivity contribution in [3.05, 3.63) is 80.8 Å². The Morgan fingerprint density at radius 1 is 1.18 bits per heavy atom. The van der Waals surface area contributed by atoms with Gasteiger partial charge in [-0.25, -0.2) is 4.98 Å². The summed E-state index contributed by atoms with van der Waals surface area (Å²) in [7, 11) is 1.41. The number of rotatable bonds is 4. The number of aromatic nitrogens is 1. The van der Waals surface area contributed by atoms with E-state index in [9.17, 15) is 19.8 Å². The number of aryl methyl sites for hydroxylation is 1. The number of ketones is 1. The third kappa shape index (κ3) is 4.15. The molecule has 2 aliphatic heterocycles. The van der Waals surface area contributed by atoms with Crippen molar-refractivity contribution in [1.29, 1.82) is 0 Å². The number of hydrogen-bond acceptors (Lipinski definition) is 8. The van der Waals surface area contributed by atoms with Crippen LogP contribution in [0.1, 0.15) is 35.2 Å². The third-order valence-corrected chi connectivity index (χ3v) is 8.56. The van der Waals surface area contributed by atoms with Gasteiger partial charge in [0.15, 0.2) is 16.6 Å². The van der Waals surface area contributed by atoms with Gasteiger partial charge in [-0.05, 0) is 88.9 Å². The molecule has 39 heavy (non-hydrogen) atoms. The van der Waals surface area contributed by atoms with Crippen LogP contribution in [0.3, 0.4) is 0 Å². The van der Waals surface area contributed by atoms with Gasteiger partial charge in [0.25, 0.3) is 5.78 Å². The van der Waals surface area contributed by atoms with Crippen LogP contribution >= 0.6 is 27.3 Å². The second-order valence-corrected chi connectivity index (χ2v) is 11.5. The first kappa shape index (κ1) is 25.4. The quantitative estimate of drug-likeness (QED) is 0.166. The summed E-state index contributed by atoms with van der Waals surface area (Å²) in [5.74, 6) is -1.19. The molecule has 1 saturated heterocycles. The Labute approximate surface area is 236 Å². The standard InChI is InChI=1S/C29H23BrN2O6S/c1-13-4-6-19-22(8-13)39-29(31-19)32-24(17-11-18(30)26(34)21(12-17)37-3)23(27(35)28(32)36)25(33)15-5-7-20-16(10-15)9-14(2)38-20/h4-8,10-12,14,24,33-34H,9H2,1-3H3/b25-23-. The normalized spacial score (nSPS) is 19.9. The molecule has 1 amide bonds. The first-order valence-electron chi connectivity index (χ1n) is 12.2. The number of phenolic OH excluding ortho intramolecular Hbond substituents is 1. The predicted octanol–water partition coefficient (Wildman–Crippen LogP) is 6.03. The molecule has 0 aliphatic carbocycles. The minimum absolute atomic E-state index is 0.00691. The molecule has 2 N–H and O–H groups in total. The Morgan fingerprint density at radius 3 is 2.74 bits per heavy atom. The van der Waals surface area contributed by atoms with E-state index in [4.69, 9.17) is 9.47 Å². The lowest BCUT2D eigenvalue weighted by Gasteiger charge is -2.24. The number of fused-ring (bicyclic) bond motifs is 2. The number of aliphatic hydroxyl groups excluding tert-OH is 1. The molecule has 10 heteroatoms. The van der Waals surface area contributed by atoms with Crippen molar-refractivity contribution in [3.63, 3.8) is 0 Å². The Balaban J connectivity index is 1.57. The molecule has 1 fully saturated rings. The van der Waals surface area contributed by atoms with Crippen LogP contribution in [0, 0.1) is 6.92 Å². The van der Waals surface area contributed by atoms with Crippen LogP contribution in [0.2, 0.25) is 0 Å². The molecule has 8 nitrogen and oxygen atoms in total. The second kappa shape index (κ2) is 9.39. The summed E-state index contributed by atoms with van der Waals surface area (Å²) in [6, 6.07) is 13.1. The number of ether oxygens (including phenoxy) is 2. The summed E-state index contributed by atoms with van der Waals surface area (Å²) in [6.07, 6.45) is 0.675. The monoisotopic (exact) mass is 606 g/mol. The van der Waals surface area contributed by atoms with E-state index in [2.05, 4.69) is 20.9 Å². The van der Waals surface area contributed by atoms with E-state index in [1.54, 1.807) is 30.3 Å². The van der Waals surface area contributed by atoms with Crippen molar-refractivity contribution in [1.82, 2.24) is 4.98 Å². The average molecular weight is 607 g/mol. The topological polar surface area (TPSA) is 109 Å². The summed E-state index contributed by atoms with van der Waals surface area (Å²) in [4.78, 5) is 33.2. The van der Waals surface area contributed by atoms with Gasteiger partial charge in [0, 0.05) is 12.0 Å². The molecule has 0 bridgehead atoms. The van der Waals surface area contributed by atoms with Crippen LogP contribution in [-0.4, -0.2) is 40.1 Å². The lowest BCUT2D eigenvalue weighted by Crippen LogP contribution is -2.29. The van der Waals surface area contributed by atoms with E-state index in [0.29, 0.717) is 32.7 Å². The van der Waals surface area contributed by atoms with Gasteiger partial charge in [-0.2, -0.15) is 0 Å². The fraction of sp³-hybridized carbons (Fsp3) is 0.207. The Hall–Kier alpha value is -3.89. The van der Waals surface area contributed by atoms with Crippen molar-refractivity contribution < 1.29 is 29.3 Å². The summed E-state index contributed by atoms with van der Waals surface area (Å²) in [5.41, 5.74) is 3.41. The number of aromatic hydroxyl groups is 1. The molecular formula is C29H23BrN2O6S. The number of phenols is 1. The molecule has 4 aromatic rings. The fourth-order valence-electron chi connectivity index (χ4n) is 5.10. The van der Waals surface area contributed by atoms with Crippen LogP contribution in [0.4, 0.5) is 5.13 Å². The lowest BCUT2D eigenvalue weighted by molar-refractivity contribution is -0.132. The molecule has 3 heterocycles. The lowest BCUT2D eigenvalue weighted by atomic mass is 9.94. The number of aliphatic hydroxyl groups is 1. The number of methoxy groups -OCH3 is 1. The first-order valence-corrected chi connectivity index (χ1v) is 13.8. The summed E-state index contributed by atoms with van der Waals surface area (Å²) in [5, 5.41) is 22.3. The highest BCUT2D eigenvalue weighted by Gasteiger charge is 2.48. The zero-order valence-corrected chi connectivity index (χ0v) is 23.6. The van der Waals surface area contributed by atoms with Crippen molar-refractivity contribution in [2.45, 2.75) is 32.4 Å². The van der Waals surface area contributed by atoms with Crippen molar-refractivity contribution >= 4 is 60.1 Å². The molecule has 2 atom stereocenters. The zero-order chi connectivity index (χ0) is 27.6. The largest absolute Gasteiger partial charge is 0.507 e. The van der Waals surface area contributed by atoms with E-state index in [-0.39, 0.29) is 28.9 Å². The predicted molar refractivity (Wildman–Crippen MR) is 152 cm³/mol. The van der Waals surface area contributed by atoms with Gasteiger partial charge < -0.3 is 19.7 Å². The summed E-state index contributed by atoms with van der Waals surface area (Å²) >= 11 is 4.63. The number of carbonyl (C=O) groups excluding carboxylic acids is 2. The average Bonchev–Trinajstić information content (AvgIpc) is 3.57. The maximum absolute atomic E-state index is 13.6. The minimum atomic E-state index is -1.03. The molecule has 0 saturated carbocycles. The van der Waals surface area contributed by atoms with Gasteiger partial charge in [0.2, 0.25) is 0 Å². The van der Waals surface area contributed by atoms with Gasteiger partial charge in [-0.1, -0.05) is 17.4 Å². The zero-order valence-electron chi connectivity index (χ0n) is 21.2. The Bertz CT molecular complexity index is 1730. The number of nitrogens with zero attached hydrogens (tertiary/aromatic N) is 2. The molecule has 0 spiro atoms. The van der Waals surface area contributed by atoms with E-state index < -0.39 is 17.7 Å². The van der Waals surface area contributed by atoms with Crippen LogP contribution < -0.4 is 14.4 Å². The van der Waals surface area contributed by atoms with Crippen molar-refractivity contribution in [2.75, 3.05) is 12.0 Å². The number of halogens is 1. The highest BCUT2D eigenvalue weighted by Crippen LogP contribution is 2.47. The number of amides is 1. The highest BCUT2D eigenvalue weighted by atomic mass is 79.9. The number of carbonyl (C=O) groups is 2. The molecule has 0 radical (unpaired) electrons. The van der Waals surface area contributed by atoms with Gasteiger partial charge in [-0.15, -0.1) is 0 Å². The van der Waals surface area contributed by atoms with Crippen LogP contribution in [-0.2, 0) is 16.0 Å². The maximum atomic E-state index is 13.6. The van der Waals surface area contributed by atoms with Crippen LogP contribution in [0.25, 0.3) is 16.0 Å². The Morgan fingerprint density at radius 2 is 1.97 bits per heavy atom. The van der Waals surface area contributed by atoms with E-state index >= 15 is 0 Å². The number of anilines is 1. The smallest absolute Gasteiger partial charge is 0.301 e. The van der Waals surface area contributed by atoms with Crippen LogP contribution in [0.15, 0.2) is 58.6 Å². The number of thiazole rings is 1. The maximum Gasteiger partial charge on any atom is 0.301 e. The highest BCUT2D eigenvalue weighted by molar-refractivity contribution is 9.10. The SMILES string of the molecule is COc1cc(C2/C(=C(/O)c3ccc4c(c3)CC(C)O4)C(=O)C(=O)N2c2nc3ccc(C)cc3s2)cc(Br)c1O. The summed E-state index contributed by atoms with van der Waals surface area (Å²) < 4.78 is 12.3. The van der Waals surface area contributed by atoms with E-state index in [1.165, 1.54) is 23.3 Å². The number of Topliss-reactive ketones (excluding diaryl/α,β-unsaturated/α-hetero) is 1. The molecule has 198 valence electrons. The van der Waals surface area contributed by atoms with E-state index in [1.807, 2.05) is 32.0 Å².